The van der Waals surface area contributed by atoms with Gasteiger partial charge in [0.15, 0.2) is 0 Å². The zero-order valence-corrected chi connectivity index (χ0v) is 10.7. The van der Waals surface area contributed by atoms with Gasteiger partial charge in [0.2, 0.25) is 15.9 Å². The molecule has 0 aliphatic carbocycles. The molecule has 6 heteroatoms. The van der Waals surface area contributed by atoms with Crippen molar-refractivity contribution in [2.24, 2.45) is 5.73 Å². The van der Waals surface area contributed by atoms with Crippen molar-refractivity contribution >= 4 is 15.9 Å². The fourth-order valence-corrected chi connectivity index (χ4v) is 2.50. The van der Waals surface area contributed by atoms with Crippen molar-refractivity contribution in [1.82, 2.24) is 4.72 Å². The number of nitrogens with two attached hydrogens (primary N) is 1. The highest BCUT2D eigenvalue weighted by atomic mass is 32.2. The smallest absolute Gasteiger partial charge is 0.241 e. The molecule has 0 spiro atoms. The van der Waals surface area contributed by atoms with Crippen LogP contribution in [0.4, 0.5) is 0 Å². The van der Waals surface area contributed by atoms with Crippen molar-refractivity contribution in [2.75, 3.05) is 0 Å². The maximum Gasteiger partial charge on any atom is 0.241 e. The standard InChI is InChI=1S/C12H14N2O3S/c1-3-4-11(12(13)15)14-18(16,17)10-7-5-9(2)6-8-10/h1,5-8,11,14H,4H2,2H3,(H2,13,15). The third-order valence-electron chi connectivity index (χ3n) is 2.29. The Balaban J connectivity index is 2.97. The van der Waals surface area contributed by atoms with Gasteiger partial charge in [-0.3, -0.25) is 4.79 Å². The van der Waals surface area contributed by atoms with E-state index in [0.717, 1.165) is 5.56 Å². The molecular formula is C12H14N2O3S. The number of amides is 1. The van der Waals surface area contributed by atoms with Crippen molar-refractivity contribution in [3.63, 3.8) is 0 Å². The molecule has 1 amide bonds. The first-order valence-electron chi connectivity index (χ1n) is 5.18. The van der Waals surface area contributed by atoms with Crippen molar-refractivity contribution in [1.29, 1.82) is 0 Å². The lowest BCUT2D eigenvalue weighted by Gasteiger charge is -2.13. The van der Waals surface area contributed by atoms with Gasteiger partial charge in [0.25, 0.3) is 0 Å². The molecule has 96 valence electrons. The number of carbonyl (C=O) groups is 1. The summed E-state index contributed by atoms with van der Waals surface area (Å²) in [6, 6.07) is 5.13. The molecule has 0 radical (unpaired) electrons. The number of rotatable bonds is 5. The maximum atomic E-state index is 11.9. The second kappa shape index (κ2) is 5.67. The number of hydrogen-bond donors (Lipinski definition) is 2. The number of nitrogens with one attached hydrogen (secondary N) is 1. The summed E-state index contributed by atoms with van der Waals surface area (Å²) < 4.78 is 26.1. The van der Waals surface area contributed by atoms with Crippen LogP contribution in [0.15, 0.2) is 29.2 Å². The van der Waals surface area contributed by atoms with Crippen LogP contribution < -0.4 is 10.5 Å². The summed E-state index contributed by atoms with van der Waals surface area (Å²) in [6.07, 6.45) is 4.97. The molecule has 18 heavy (non-hydrogen) atoms. The zero-order chi connectivity index (χ0) is 13.8. The summed E-state index contributed by atoms with van der Waals surface area (Å²) in [5.41, 5.74) is 6.01. The molecule has 0 heterocycles. The monoisotopic (exact) mass is 266 g/mol. The molecule has 0 aliphatic heterocycles. The topological polar surface area (TPSA) is 89.3 Å². The Morgan fingerprint density at radius 1 is 1.44 bits per heavy atom. The molecule has 5 nitrogen and oxygen atoms in total. The molecule has 1 aromatic carbocycles. The lowest BCUT2D eigenvalue weighted by molar-refractivity contribution is -0.119. The minimum Gasteiger partial charge on any atom is -0.368 e. The summed E-state index contributed by atoms with van der Waals surface area (Å²) >= 11 is 0. The Kier molecular flexibility index (Phi) is 4.48. The van der Waals surface area contributed by atoms with E-state index in [1.54, 1.807) is 12.1 Å². The predicted octanol–water partition coefficient (Wildman–Crippen LogP) is 0.151. The zero-order valence-electron chi connectivity index (χ0n) is 9.88. The third kappa shape index (κ3) is 3.58. The van der Waals surface area contributed by atoms with Gasteiger partial charge in [-0.15, -0.1) is 12.3 Å². The number of terminal acetylenes is 1. The molecule has 1 rings (SSSR count). The molecule has 0 saturated heterocycles. The summed E-state index contributed by atoms with van der Waals surface area (Å²) in [5.74, 6) is 1.40. The van der Waals surface area contributed by atoms with Gasteiger partial charge in [0.1, 0.15) is 6.04 Å². The minimum atomic E-state index is -3.79. The fourth-order valence-electron chi connectivity index (χ4n) is 1.29. The summed E-state index contributed by atoms with van der Waals surface area (Å²) in [4.78, 5) is 11.1. The Morgan fingerprint density at radius 2 is 2.00 bits per heavy atom. The average Bonchev–Trinajstić information content (AvgIpc) is 2.28. The van der Waals surface area contributed by atoms with Crippen molar-refractivity contribution in [3.05, 3.63) is 29.8 Å². The van der Waals surface area contributed by atoms with Gasteiger partial charge in [-0.2, -0.15) is 4.72 Å². The summed E-state index contributed by atoms with van der Waals surface area (Å²) in [7, 11) is -3.79. The molecule has 0 aromatic heterocycles. The predicted molar refractivity (Wildman–Crippen MR) is 67.9 cm³/mol. The number of primary amides is 1. The van der Waals surface area contributed by atoms with Gasteiger partial charge in [-0.05, 0) is 19.1 Å². The molecule has 0 bridgehead atoms. The van der Waals surface area contributed by atoms with E-state index in [9.17, 15) is 13.2 Å². The Bertz CT molecular complexity index is 570. The number of carbonyl (C=O) groups excluding carboxylic acids is 1. The van der Waals surface area contributed by atoms with Crippen LogP contribution in [0.1, 0.15) is 12.0 Å². The molecule has 0 saturated carbocycles. The van der Waals surface area contributed by atoms with Gasteiger partial charge in [-0.25, -0.2) is 8.42 Å². The van der Waals surface area contributed by atoms with Crippen LogP contribution in [0, 0.1) is 19.3 Å². The normalized spacial score (nSPS) is 12.7. The quantitative estimate of drug-likeness (QED) is 0.743. The molecule has 3 N–H and O–H groups in total. The fraction of sp³-hybridized carbons (Fsp3) is 0.250. The third-order valence-corrected chi connectivity index (χ3v) is 3.78. The highest BCUT2D eigenvalue weighted by molar-refractivity contribution is 7.89. The SMILES string of the molecule is C#CCC(NS(=O)(=O)c1ccc(C)cc1)C(N)=O. The van der Waals surface area contributed by atoms with Gasteiger partial charge in [0, 0.05) is 6.42 Å². The van der Waals surface area contributed by atoms with Crippen LogP contribution in [0.25, 0.3) is 0 Å². The lowest BCUT2D eigenvalue weighted by atomic mass is 10.2. The highest BCUT2D eigenvalue weighted by Crippen LogP contribution is 2.11. The van der Waals surface area contributed by atoms with E-state index in [0.29, 0.717) is 0 Å². The Hall–Kier alpha value is -1.84. The van der Waals surface area contributed by atoms with E-state index in [1.165, 1.54) is 12.1 Å². The largest absolute Gasteiger partial charge is 0.368 e. The van der Waals surface area contributed by atoms with E-state index in [2.05, 4.69) is 10.6 Å². The Morgan fingerprint density at radius 3 is 2.44 bits per heavy atom. The van der Waals surface area contributed by atoms with Crippen LogP contribution in [0.3, 0.4) is 0 Å². The summed E-state index contributed by atoms with van der Waals surface area (Å²) in [6.45, 7) is 1.84. The molecule has 1 unspecified atom stereocenters. The van der Waals surface area contributed by atoms with Gasteiger partial charge in [0.05, 0.1) is 4.90 Å². The van der Waals surface area contributed by atoms with E-state index >= 15 is 0 Å². The van der Waals surface area contributed by atoms with Crippen LogP contribution in [0.5, 0.6) is 0 Å². The van der Waals surface area contributed by atoms with Crippen LogP contribution in [-0.2, 0) is 14.8 Å². The van der Waals surface area contributed by atoms with Crippen molar-refractivity contribution in [3.8, 4) is 12.3 Å². The Labute approximate surface area is 106 Å². The first kappa shape index (κ1) is 14.2. The van der Waals surface area contributed by atoms with E-state index in [4.69, 9.17) is 12.2 Å². The molecule has 0 fully saturated rings. The number of sulfonamides is 1. The number of hydrogen-bond acceptors (Lipinski definition) is 3. The van der Waals surface area contributed by atoms with Crippen LogP contribution in [-0.4, -0.2) is 20.4 Å². The molecule has 1 aromatic rings. The van der Waals surface area contributed by atoms with Crippen LogP contribution in [0.2, 0.25) is 0 Å². The summed E-state index contributed by atoms with van der Waals surface area (Å²) in [5, 5.41) is 0. The highest BCUT2D eigenvalue weighted by Gasteiger charge is 2.23. The minimum absolute atomic E-state index is 0.0661. The second-order valence-corrected chi connectivity index (χ2v) is 5.51. The van der Waals surface area contributed by atoms with E-state index < -0.39 is 22.0 Å². The van der Waals surface area contributed by atoms with Gasteiger partial charge >= 0.3 is 0 Å². The van der Waals surface area contributed by atoms with Crippen molar-refractivity contribution in [2.45, 2.75) is 24.3 Å². The maximum absolute atomic E-state index is 11.9. The van der Waals surface area contributed by atoms with E-state index in [-0.39, 0.29) is 11.3 Å². The second-order valence-electron chi connectivity index (χ2n) is 3.80. The number of benzene rings is 1. The average molecular weight is 266 g/mol. The van der Waals surface area contributed by atoms with E-state index in [1.807, 2.05) is 6.92 Å². The van der Waals surface area contributed by atoms with Gasteiger partial charge in [-0.1, -0.05) is 17.7 Å². The first-order chi connectivity index (χ1) is 8.36. The lowest BCUT2D eigenvalue weighted by Crippen LogP contribution is -2.44. The van der Waals surface area contributed by atoms with Crippen molar-refractivity contribution < 1.29 is 13.2 Å². The first-order valence-corrected chi connectivity index (χ1v) is 6.67. The number of aryl methyl sites for hydroxylation is 1. The molecule has 1 atom stereocenters. The molecule has 0 aliphatic rings. The molecular weight excluding hydrogens is 252 g/mol. The van der Waals surface area contributed by atoms with Gasteiger partial charge < -0.3 is 5.73 Å². The van der Waals surface area contributed by atoms with Crippen LogP contribution >= 0.6 is 0 Å².